The van der Waals surface area contributed by atoms with Gasteiger partial charge in [-0.05, 0) is 60.2 Å². The van der Waals surface area contributed by atoms with Crippen LogP contribution in [0, 0.1) is 0 Å². The molecule has 4 aromatic rings. The molecule has 0 unspecified atom stereocenters. The summed E-state index contributed by atoms with van der Waals surface area (Å²) in [5.74, 6) is 0.0738. The minimum atomic E-state index is -1.07. The van der Waals surface area contributed by atoms with Gasteiger partial charge < -0.3 is 19.0 Å². The van der Waals surface area contributed by atoms with Gasteiger partial charge in [0.25, 0.3) is 5.22 Å². The number of aliphatic carboxylic acids is 1. The van der Waals surface area contributed by atoms with Gasteiger partial charge in [0.1, 0.15) is 17.0 Å². The average molecular weight is 448 g/mol. The zero-order valence-electron chi connectivity index (χ0n) is 17.4. The minimum Gasteiger partial charge on any atom is -0.490 e. The molecule has 1 heterocycles. The van der Waals surface area contributed by atoms with Crippen LogP contribution in [0.5, 0.6) is 11.5 Å². The van der Waals surface area contributed by atoms with Crippen LogP contribution in [-0.4, -0.2) is 22.7 Å². The van der Waals surface area contributed by atoms with Gasteiger partial charge >= 0.3 is 5.97 Å². The van der Waals surface area contributed by atoms with Gasteiger partial charge in [0, 0.05) is 0 Å². The van der Waals surface area contributed by atoms with Gasteiger partial charge in [-0.2, -0.15) is 0 Å². The van der Waals surface area contributed by atoms with Crippen molar-refractivity contribution in [2.24, 2.45) is 0 Å². The van der Waals surface area contributed by atoms with Crippen molar-refractivity contribution >= 4 is 34.9 Å². The van der Waals surface area contributed by atoms with Crippen molar-refractivity contribution in [3.8, 4) is 11.5 Å². The summed E-state index contributed by atoms with van der Waals surface area (Å²) < 4.78 is 17.3. The Morgan fingerprint density at radius 1 is 1.03 bits per heavy atom. The number of aromatic nitrogens is 1. The fourth-order valence-electron chi connectivity index (χ4n) is 3.01. The van der Waals surface area contributed by atoms with E-state index >= 15 is 0 Å². The molecule has 4 rings (SSSR count). The minimum absolute atomic E-state index is 0.0805. The van der Waals surface area contributed by atoms with Crippen molar-refractivity contribution in [3.05, 3.63) is 88.8 Å². The van der Waals surface area contributed by atoms with Gasteiger partial charge in [-0.25, -0.2) is 9.78 Å². The van der Waals surface area contributed by atoms with Gasteiger partial charge in [0.2, 0.25) is 0 Å². The highest BCUT2D eigenvalue weighted by Crippen LogP contribution is 2.33. The summed E-state index contributed by atoms with van der Waals surface area (Å²) in [4.78, 5) is 16.3. The Balaban J connectivity index is 1.56. The molecule has 3 aromatic carbocycles. The lowest BCUT2D eigenvalue weighted by Gasteiger charge is -2.13. The first-order chi connectivity index (χ1) is 15.6. The molecular weight excluding hydrogens is 426 g/mol. The summed E-state index contributed by atoms with van der Waals surface area (Å²) in [5.41, 5.74) is 3.00. The van der Waals surface area contributed by atoms with Crippen LogP contribution in [0.3, 0.4) is 0 Å². The third-order valence-electron chi connectivity index (χ3n) is 4.48. The van der Waals surface area contributed by atoms with E-state index in [1.807, 2.05) is 55.5 Å². The first-order valence-electron chi connectivity index (χ1n) is 10.0. The number of fused-ring (bicyclic) bond motifs is 1. The lowest BCUT2D eigenvalue weighted by Crippen LogP contribution is -2.00. The van der Waals surface area contributed by atoms with E-state index in [0.717, 1.165) is 17.3 Å². The Morgan fingerprint density at radius 3 is 2.56 bits per heavy atom. The maximum atomic E-state index is 11.8. The van der Waals surface area contributed by atoms with Crippen LogP contribution in [0.1, 0.15) is 18.1 Å². The first-order valence-corrected chi connectivity index (χ1v) is 10.9. The maximum Gasteiger partial charge on any atom is 0.342 e. The molecule has 162 valence electrons. The van der Waals surface area contributed by atoms with Crippen LogP contribution in [0.4, 0.5) is 0 Å². The largest absolute Gasteiger partial charge is 0.490 e. The lowest BCUT2D eigenvalue weighted by molar-refractivity contribution is -0.131. The molecule has 0 saturated carbocycles. The van der Waals surface area contributed by atoms with Crippen molar-refractivity contribution < 1.29 is 23.8 Å². The number of thioether (sulfide) groups is 1. The normalized spacial score (nSPS) is 11.5. The molecule has 0 radical (unpaired) electrons. The quantitative estimate of drug-likeness (QED) is 0.248. The Kier molecular flexibility index (Phi) is 6.77. The summed E-state index contributed by atoms with van der Waals surface area (Å²) in [6.45, 7) is 2.75. The van der Waals surface area contributed by atoms with Crippen LogP contribution < -0.4 is 9.47 Å². The highest BCUT2D eigenvalue weighted by atomic mass is 32.2. The molecule has 0 bridgehead atoms. The van der Waals surface area contributed by atoms with E-state index in [9.17, 15) is 9.90 Å². The number of hydrogen-bond acceptors (Lipinski definition) is 6. The second-order valence-electron chi connectivity index (χ2n) is 6.78. The number of benzene rings is 3. The molecule has 6 nitrogen and oxygen atoms in total. The summed E-state index contributed by atoms with van der Waals surface area (Å²) >= 11 is 0.960. The highest BCUT2D eigenvalue weighted by molar-refractivity contribution is 8.03. The smallest absolute Gasteiger partial charge is 0.342 e. The zero-order valence-corrected chi connectivity index (χ0v) is 18.2. The fraction of sp³-hybridized carbons (Fsp3) is 0.120. The standard InChI is InChI=1S/C25H21NO5S/c1-2-29-22-14-18(12-13-21(22)30-16-17-8-4-3-5-9-17)15-23(24(27)28)32-25-26-19-10-6-7-11-20(19)31-25/h3-15H,2,16H2,1H3,(H,27,28)/b23-15-. The van der Waals surface area contributed by atoms with Gasteiger partial charge in [0.15, 0.2) is 17.1 Å². The number of rotatable bonds is 9. The van der Waals surface area contributed by atoms with Gasteiger partial charge in [-0.1, -0.05) is 48.5 Å². The number of carboxylic acids is 1. The third kappa shape index (κ3) is 5.31. The topological polar surface area (TPSA) is 81.8 Å². The van der Waals surface area contributed by atoms with Crippen molar-refractivity contribution in [2.75, 3.05) is 6.61 Å². The summed E-state index contributed by atoms with van der Waals surface area (Å²) in [6, 6.07) is 22.5. The number of carbonyl (C=O) groups is 1. The number of nitrogens with zero attached hydrogens (tertiary/aromatic N) is 1. The maximum absolute atomic E-state index is 11.8. The van der Waals surface area contributed by atoms with Gasteiger partial charge in [-0.3, -0.25) is 0 Å². The van der Waals surface area contributed by atoms with E-state index in [1.54, 1.807) is 30.3 Å². The molecule has 32 heavy (non-hydrogen) atoms. The van der Waals surface area contributed by atoms with Crippen LogP contribution in [-0.2, 0) is 11.4 Å². The molecular formula is C25H21NO5S. The lowest BCUT2D eigenvalue weighted by atomic mass is 10.2. The molecule has 0 amide bonds. The predicted octanol–water partition coefficient (Wildman–Crippen LogP) is 6.02. The van der Waals surface area contributed by atoms with Crippen molar-refractivity contribution in [2.45, 2.75) is 18.8 Å². The number of para-hydroxylation sites is 2. The first kappa shape index (κ1) is 21.5. The van der Waals surface area contributed by atoms with Crippen LogP contribution in [0.25, 0.3) is 17.2 Å². The van der Waals surface area contributed by atoms with Crippen LogP contribution in [0.15, 0.2) is 87.3 Å². The molecule has 0 fully saturated rings. The van der Waals surface area contributed by atoms with Crippen molar-refractivity contribution in [1.29, 1.82) is 0 Å². The van der Waals surface area contributed by atoms with Crippen molar-refractivity contribution in [1.82, 2.24) is 4.98 Å². The molecule has 7 heteroatoms. The summed E-state index contributed by atoms with van der Waals surface area (Å²) in [5, 5.41) is 9.96. The number of carboxylic acid groups (broad SMARTS) is 1. The Hall–Kier alpha value is -3.71. The highest BCUT2D eigenvalue weighted by Gasteiger charge is 2.16. The number of hydrogen-bond donors (Lipinski definition) is 1. The molecule has 0 aliphatic heterocycles. The zero-order chi connectivity index (χ0) is 22.3. The van der Waals surface area contributed by atoms with E-state index in [-0.39, 0.29) is 10.1 Å². The molecule has 0 atom stereocenters. The van der Waals surface area contributed by atoms with E-state index in [2.05, 4.69) is 4.98 Å². The second-order valence-corrected chi connectivity index (χ2v) is 7.77. The van der Waals surface area contributed by atoms with E-state index in [0.29, 0.717) is 41.4 Å². The molecule has 0 spiro atoms. The van der Waals surface area contributed by atoms with E-state index < -0.39 is 5.97 Å². The molecule has 0 saturated heterocycles. The number of oxazole rings is 1. The monoisotopic (exact) mass is 447 g/mol. The van der Waals surface area contributed by atoms with Gasteiger partial charge in [-0.15, -0.1) is 0 Å². The SMILES string of the molecule is CCOc1cc(/C=C(\Sc2nc3ccccc3o2)C(=O)O)ccc1OCc1ccccc1. The molecule has 1 N–H and O–H groups in total. The summed E-state index contributed by atoms with van der Waals surface area (Å²) in [6.07, 6.45) is 1.56. The van der Waals surface area contributed by atoms with E-state index in [1.165, 1.54) is 0 Å². The van der Waals surface area contributed by atoms with Crippen molar-refractivity contribution in [3.63, 3.8) is 0 Å². The predicted molar refractivity (Wildman–Crippen MR) is 124 cm³/mol. The Morgan fingerprint density at radius 2 is 1.81 bits per heavy atom. The van der Waals surface area contributed by atoms with Crippen LogP contribution in [0.2, 0.25) is 0 Å². The fourth-order valence-corrected chi connectivity index (χ4v) is 3.76. The van der Waals surface area contributed by atoms with Crippen LogP contribution >= 0.6 is 11.8 Å². The third-order valence-corrected chi connectivity index (χ3v) is 5.35. The van der Waals surface area contributed by atoms with E-state index in [4.69, 9.17) is 13.9 Å². The number of ether oxygens (including phenoxy) is 2. The Labute approximate surface area is 189 Å². The molecule has 0 aliphatic rings. The second kappa shape index (κ2) is 10.1. The average Bonchev–Trinajstić information content (AvgIpc) is 3.21. The Bertz CT molecular complexity index is 1220. The summed E-state index contributed by atoms with van der Waals surface area (Å²) in [7, 11) is 0. The molecule has 1 aromatic heterocycles. The molecule has 0 aliphatic carbocycles. The van der Waals surface area contributed by atoms with Gasteiger partial charge in [0.05, 0.1) is 6.61 Å².